The lowest BCUT2D eigenvalue weighted by molar-refractivity contribution is -0.386. The minimum Gasteiger partial charge on any atom is -0.485 e. The third kappa shape index (κ3) is 7.81. The van der Waals surface area contributed by atoms with E-state index in [-0.39, 0.29) is 41.6 Å². The lowest BCUT2D eigenvalue weighted by Gasteiger charge is -2.17. The summed E-state index contributed by atoms with van der Waals surface area (Å²) in [6.07, 6.45) is -6.00. The third-order valence-corrected chi connectivity index (χ3v) is 5.83. The van der Waals surface area contributed by atoms with Gasteiger partial charge in [-0.1, -0.05) is 66.7 Å². The van der Waals surface area contributed by atoms with E-state index in [1.54, 1.807) is 66.1 Å². The second-order valence-corrected chi connectivity index (χ2v) is 8.79. The summed E-state index contributed by atoms with van der Waals surface area (Å²) in [5.74, 6) is -0.310. The van der Waals surface area contributed by atoms with Crippen LogP contribution in [0.3, 0.4) is 0 Å². The van der Waals surface area contributed by atoms with E-state index in [1.807, 2.05) is 0 Å². The van der Waals surface area contributed by atoms with Gasteiger partial charge in [-0.15, -0.1) is 0 Å². The Bertz CT molecular complexity index is 1580. The van der Waals surface area contributed by atoms with Gasteiger partial charge in [0.05, 0.1) is 10.6 Å². The zero-order chi connectivity index (χ0) is 30.1. The number of nitro groups is 1. The second-order valence-electron chi connectivity index (χ2n) is 8.79. The maximum Gasteiger partial charge on any atom is 0.433 e. The first-order valence-electron chi connectivity index (χ1n) is 12.3. The third-order valence-electron chi connectivity index (χ3n) is 5.83. The standard InChI is InChI=1S/C29H23F3N4O6/c30-29(31,32)27-21(12-7-13-33-27)14-23(34-35-28(37)38)22-15-24(36(39)40)26(42-18-20-10-5-2-6-11-20)25(16-22)41-17-19-8-3-1-4-9-19/h1-13,15-16,35H,14,17-18H2,(H,37,38). The van der Waals surface area contributed by atoms with Gasteiger partial charge in [0.25, 0.3) is 0 Å². The topological polar surface area (TPSA) is 136 Å². The molecule has 216 valence electrons. The van der Waals surface area contributed by atoms with E-state index < -0.39 is 35.0 Å². The largest absolute Gasteiger partial charge is 0.485 e. The first-order chi connectivity index (χ1) is 20.1. The minimum absolute atomic E-state index is 0.0240. The maximum atomic E-state index is 13.7. The number of hydrogen-bond acceptors (Lipinski definition) is 7. The Morgan fingerprint density at radius 1 is 0.952 bits per heavy atom. The number of ether oxygens (including phenoxy) is 2. The van der Waals surface area contributed by atoms with Crippen LogP contribution in [0.2, 0.25) is 0 Å². The Hall–Kier alpha value is -5.46. The van der Waals surface area contributed by atoms with Crippen molar-refractivity contribution in [3.05, 3.63) is 129 Å². The Morgan fingerprint density at radius 2 is 1.57 bits per heavy atom. The number of nitrogens with zero attached hydrogens (tertiary/aromatic N) is 3. The minimum atomic E-state index is -4.81. The maximum absolute atomic E-state index is 13.7. The predicted octanol–water partition coefficient (Wildman–Crippen LogP) is 6.38. The fourth-order valence-electron chi connectivity index (χ4n) is 3.95. The number of alkyl halides is 3. The lowest BCUT2D eigenvalue weighted by atomic mass is 9.99. The number of nitro benzene ring substituents is 1. The van der Waals surface area contributed by atoms with Gasteiger partial charge in [-0.25, -0.2) is 10.2 Å². The van der Waals surface area contributed by atoms with Crippen LogP contribution >= 0.6 is 0 Å². The molecule has 1 heterocycles. The van der Waals surface area contributed by atoms with Crippen LogP contribution in [0.1, 0.15) is 27.9 Å². The molecule has 2 N–H and O–H groups in total. The van der Waals surface area contributed by atoms with Crippen molar-refractivity contribution in [2.45, 2.75) is 25.8 Å². The molecule has 0 bridgehead atoms. The van der Waals surface area contributed by atoms with Gasteiger partial charge in [-0.2, -0.15) is 18.3 Å². The highest BCUT2D eigenvalue weighted by Gasteiger charge is 2.35. The van der Waals surface area contributed by atoms with Gasteiger partial charge in [-0.3, -0.25) is 15.1 Å². The van der Waals surface area contributed by atoms with Crippen molar-refractivity contribution in [3.63, 3.8) is 0 Å². The van der Waals surface area contributed by atoms with Crippen molar-refractivity contribution in [2.24, 2.45) is 5.10 Å². The van der Waals surface area contributed by atoms with Crippen molar-refractivity contribution in [3.8, 4) is 11.5 Å². The monoisotopic (exact) mass is 580 g/mol. The molecule has 1 aromatic heterocycles. The van der Waals surface area contributed by atoms with Gasteiger partial charge in [0.1, 0.15) is 18.9 Å². The number of halogens is 3. The molecular formula is C29H23F3N4O6. The number of carboxylic acid groups (broad SMARTS) is 1. The summed E-state index contributed by atoms with van der Waals surface area (Å²) < 4.78 is 52.7. The summed E-state index contributed by atoms with van der Waals surface area (Å²) in [5.41, 5.74) is 0.811. The molecular weight excluding hydrogens is 557 g/mol. The normalized spacial score (nSPS) is 11.5. The van der Waals surface area contributed by atoms with E-state index in [1.165, 1.54) is 12.1 Å². The molecule has 0 fully saturated rings. The van der Waals surface area contributed by atoms with Crippen molar-refractivity contribution in [1.29, 1.82) is 0 Å². The van der Waals surface area contributed by atoms with Gasteiger partial charge in [0, 0.05) is 24.2 Å². The molecule has 1 amide bonds. The van der Waals surface area contributed by atoms with E-state index >= 15 is 0 Å². The smallest absolute Gasteiger partial charge is 0.433 e. The van der Waals surface area contributed by atoms with Crippen LogP contribution in [0.25, 0.3) is 0 Å². The molecule has 0 aliphatic rings. The molecule has 0 unspecified atom stereocenters. The molecule has 4 aromatic rings. The van der Waals surface area contributed by atoms with E-state index in [9.17, 15) is 28.1 Å². The summed E-state index contributed by atoms with van der Waals surface area (Å²) in [4.78, 5) is 26.1. The van der Waals surface area contributed by atoms with Crippen LogP contribution in [0.15, 0.2) is 96.2 Å². The number of amides is 1. The zero-order valence-corrected chi connectivity index (χ0v) is 21.7. The molecule has 0 saturated carbocycles. The average molecular weight is 581 g/mol. The summed E-state index contributed by atoms with van der Waals surface area (Å²) in [6.45, 7) is -0.0707. The lowest BCUT2D eigenvalue weighted by Crippen LogP contribution is -2.20. The van der Waals surface area contributed by atoms with Crippen LogP contribution in [0.4, 0.5) is 23.7 Å². The van der Waals surface area contributed by atoms with Crippen molar-refractivity contribution in [2.75, 3.05) is 0 Å². The van der Waals surface area contributed by atoms with E-state index in [0.29, 0.717) is 5.56 Å². The summed E-state index contributed by atoms with van der Waals surface area (Å²) in [7, 11) is 0. The highest BCUT2D eigenvalue weighted by atomic mass is 19.4. The van der Waals surface area contributed by atoms with Gasteiger partial charge >= 0.3 is 18.0 Å². The Kier molecular flexibility index (Phi) is 9.32. The molecule has 4 rings (SSSR count). The molecule has 0 atom stereocenters. The van der Waals surface area contributed by atoms with Crippen LogP contribution in [0, 0.1) is 10.1 Å². The number of hydrogen-bond donors (Lipinski definition) is 2. The number of pyridine rings is 1. The van der Waals surface area contributed by atoms with E-state index in [4.69, 9.17) is 14.6 Å². The number of benzene rings is 3. The Labute approximate surface area is 237 Å². The van der Waals surface area contributed by atoms with E-state index in [2.05, 4.69) is 10.1 Å². The second kappa shape index (κ2) is 13.3. The fourth-order valence-corrected chi connectivity index (χ4v) is 3.95. The molecule has 0 saturated heterocycles. The molecule has 13 heteroatoms. The molecule has 10 nitrogen and oxygen atoms in total. The van der Waals surface area contributed by atoms with Crippen LogP contribution in [-0.2, 0) is 25.8 Å². The van der Waals surface area contributed by atoms with Crippen molar-refractivity contribution in [1.82, 2.24) is 10.4 Å². The van der Waals surface area contributed by atoms with Gasteiger partial charge in [-0.05, 0) is 28.8 Å². The zero-order valence-electron chi connectivity index (χ0n) is 21.7. The molecule has 0 aliphatic heterocycles. The van der Waals surface area contributed by atoms with Gasteiger partial charge in [0.15, 0.2) is 5.75 Å². The highest BCUT2D eigenvalue weighted by molar-refractivity contribution is 6.03. The van der Waals surface area contributed by atoms with Crippen molar-refractivity contribution >= 4 is 17.5 Å². The van der Waals surface area contributed by atoms with E-state index in [0.717, 1.165) is 23.9 Å². The SMILES string of the molecule is O=C(O)NN=C(Cc1cccnc1C(F)(F)F)c1cc(OCc2ccccc2)c(OCc2ccccc2)c([N+](=O)[O-])c1. The Morgan fingerprint density at radius 3 is 2.14 bits per heavy atom. The summed E-state index contributed by atoms with van der Waals surface area (Å²) in [5, 5.41) is 25.1. The number of rotatable bonds is 11. The summed E-state index contributed by atoms with van der Waals surface area (Å²) in [6, 6.07) is 22.6. The number of hydrazone groups is 1. The number of carbonyl (C=O) groups is 1. The first-order valence-corrected chi connectivity index (χ1v) is 12.3. The van der Waals surface area contributed by atoms with Gasteiger partial charge in [0.2, 0.25) is 5.75 Å². The van der Waals surface area contributed by atoms with Crippen molar-refractivity contribution < 1.29 is 37.5 Å². The number of aromatic nitrogens is 1. The molecule has 42 heavy (non-hydrogen) atoms. The van der Waals surface area contributed by atoms with Crippen LogP contribution < -0.4 is 14.9 Å². The molecule has 0 radical (unpaired) electrons. The number of nitrogens with one attached hydrogen (secondary N) is 1. The van der Waals surface area contributed by atoms with Crippen LogP contribution in [0.5, 0.6) is 11.5 Å². The Balaban J connectivity index is 1.81. The first kappa shape index (κ1) is 29.5. The average Bonchev–Trinajstić information content (AvgIpc) is 2.97. The molecule has 3 aromatic carbocycles. The van der Waals surface area contributed by atoms with Gasteiger partial charge < -0.3 is 14.6 Å². The molecule has 0 spiro atoms. The van der Waals surface area contributed by atoms with Crippen LogP contribution in [-0.4, -0.2) is 26.8 Å². The fraction of sp³-hybridized carbons (Fsp3) is 0.138. The summed E-state index contributed by atoms with van der Waals surface area (Å²) >= 11 is 0. The quantitative estimate of drug-likeness (QED) is 0.119. The molecule has 0 aliphatic carbocycles. The predicted molar refractivity (Wildman–Crippen MR) is 145 cm³/mol. The highest BCUT2D eigenvalue weighted by Crippen LogP contribution is 2.40.